The number of carbonyl (C=O) groups is 1. The molecule has 0 saturated heterocycles. The van der Waals surface area contributed by atoms with Gasteiger partial charge in [0.2, 0.25) is 5.91 Å². The minimum atomic E-state index is -0.494. The summed E-state index contributed by atoms with van der Waals surface area (Å²) in [6, 6.07) is 0. The molecule has 9 heteroatoms. The molecule has 2 aromatic rings. The number of carbonyl (C=O) groups excluding carboxylic acids is 1. The quantitative estimate of drug-likeness (QED) is 0.599. The third kappa shape index (κ3) is 2.41. The Kier molecular flexibility index (Phi) is 3.51. The summed E-state index contributed by atoms with van der Waals surface area (Å²) in [5.41, 5.74) is 4.57. The molecule has 2 N–H and O–H groups in total. The first-order valence-corrected chi connectivity index (χ1v) is 7.77. The van der Waals surface area contributed by atoms with Crippen molar-refractivity contribution < 1.29 is 4.79 Å². The Morgan fingerprint density at radius 3 is 2.55 bits per heavy atom. The van der Waals surface area contributed by atoms with Crippen LogP contribution >= 0.6 is 11.8 Å². The normalized spacial score (nSPS) is 14.5. The van der Waals surface area contributed by atoms with Gasteiger partial charge in [0.05, 0.1) is 5.75 Å². The van der Waals surface area contributed by atoms with Crippen molar-refractivity contribution in [3.8, 4) is 0 Å². The molecule has 2 aromatic heterocycles. The first-order valence-electron chi connectivity index (χ1n) is 6.79. The SMILES string of the molecule is Cn1c(=O)c2c(SCC(N)=O)nc(C3CC3)nc2n(C)c1=O. The maximum Gasteiger partial charge on any atom is 0.332 e. The summed E-state index contributed by atoms with van der Waals surface area (Å²) in [6.07, 6.45) is 1.98. The molecule has 22 heavy (non-hydrogen) atoms. The second kappa shape index (κ2) is 5.24. The fourth-order valence-electron chi connectivity index (χ4n) is 2.21. The maximum atomic E-state index is 12.4. The van der Waals surface area contributed by atoms with E-state index in [1.54, 1.807) is 7.05 Å². The number of hydrogen-bond donors (Lipinski definition) is 1. The average molecular weight is 321 g/mol. The van der Waals surface area contributed by atoms with Crippen LogP contribution in [-0.2, 0) is 18.9 Å². The average Bonchev–Trinajstić information content (AvgIpc) is 3.32. The van der Waals surface area contributed by atoms with Crippen molar-refractivity contribution in [3.63, 3.8) is 0 Å². The van der Waals surface area contributed by atoms with Crippen molar-refractivity contribution in [2.24, 2.45) is 19.8 Å². The first-order chi connectivity index (χ1) is 10.4. The van der Waals surface area contributed by atoms with Crippen LogP contribution in [0.15, 0.2) is 14.6 Å². The van der Waals surface area contributed by atoms with Gasteiger partial charge in [-0.25, -0.2) is 14.8 Å². The van der Waals surface area contributed by atoms with E-state index in [9.17, 15) is 14.4 Å². The minimum absolute atomic E-state index is 0.0161. The summed E-state index contributed by atoms with van der Waals surface area (Å²) in [6.45, 7) is 0. The summed E-state index contributed by atoms with van der Waals surface area (Å²) >= 11 is 1.10. The second-order valence-electron chi connectivity index (χ2n) is 5.32. The third-order valence-corrected chi connectivity index (χ3v) is 4.58. The lowest BCUT2D eigenvalue weighted by Gasteiger charge is -2.11. The molecule has 3 rings (SSSR count). The Hall–Kier alpha value is -2.16. The van der Waals surface area contributed by atoms with Crippen molar-refractivity contribution in [2.75, 3.05) is 5.75 Å². The predicted octanol–water partition coefficient (Wildman–Crippen LogP) is -0.518. The highest BCUT2D eigenvalue weighted by atomic mass is 32.2. The van der Waals surface area contributed by atoms with Crippen LogP contribution in [0.25, 0.3) is 11.0 Å². The molecule has 0 bridgehead atoms. The molecular formula is C13H15N5O3S. The molecule has 1 fully saturated rings. The largest absolute Gasteiger partial charge is 0.369 e. The molecule has 0 atom stereocenters. The molecule has 1 aliphatic rings. The second-order valence-corrected chi connectivity index (χ2v) is 6.28. The van der Waals surface area contributed by atoms with E-state index >= 15 is 0 Å². The topological polar surface area (TPSA) is 113 Å². The van der Waals surface area contributed by atoms with Crippen molar-refractivity contribution >= 4 is 28.7 Å². The summed E-state index contributed by atoms with van der Waals surface area (Å²) in [4.78, 5) is 44.3. The number of aryl methyl sites for hydroxylation is 1. The molecule has 0 aliphatic heterocycles. The van der Waals surface area contributed by atoms with Gasteiger partial charge in [-0.1, -0.05) is 11.8 Å². The molecule has 0 aromatic carbocycles. The molecule has 1 saturated carbocycles. The number of fused-ring (bicyclic) bond motifs is 1. The zero-order valence-electron chi connectivity index (χ0n) is 12.2. The van der Waals surface area contributed by atoms with Gasteiger partial charge < -0.3 is 5.73 Å². The number of aromatic nitrogens is 4. The minimum Gasteiger partial charge on any atom is -0.369 e. The molecule has 8 nitrogen and oxygen atoms in total. The number of primary amides is 1. The zero-order chi connectivity index (χ0) is 16.0. The Morgan fingerprint density at radius 2 is 1.95 bits per heavy atom. The zero-order valence-corrected chi connectivity index (χ0v) is 13.0. The van der Waals surface area contributed by atoms with Gasteiger partial charge in [-0.05, 0) is 12.8 Å². The highest BCUT2D eigenvalue weighted by Crippen LogP contribution is 2.39. The van der Waals surface area contributed by atoms with Crippen LogP contribution in [0, 0.1) is 0 Å². The lowest BCUT2D eigenvalue weighted by Crippen LogP contribution is -2.38. The van der Waals surface area contributed by atoms with E-state index in [0.717, 1.165) is 29.2 Å². The highest BCUT2D eigenvalue weighted by molar-refractivity contribution is 8.00. The molecule has 0 radical (unpaired) electrons. The van der Waals surface area contributed by atoms with Crippen LogP contribution in [0.1, 0.15) is 24.6 Å². The molecule has 1 aliphatic carbocycles. The van der Waals surface area contributed by atoms with Crippen molar-refractivity contribution in [1.82, 2.24) is 19.1 Å². The van der Waals surface area contributed by atoms with Crippen molar-refractivity contribution in [1.29, 1.82) is 0 Å². The summed E-state index contributed by atoms with van der Waals surface area (Å²) in [5, 5.41) is 0.655. The number of nitrogens with two attached hydrogens (primary N) is 1. The lowest BCUT2D eigenvalue weighted by molar-refractivity contribution is -0.115. The van der Waals surface area contributed by atoms with Gasteiger partial charge in [0, 0.05) is 20.0 Å². The molecule has 0 spiro atoms. The van der Waals surface area contributed by atoms with Gasteiger partial charge in [0.1, 0.15) is 16.2 Å². The van der Waals surface area contributed by atoms with Crippen LogP contribution in [0.2, 0.25) is 0 Å². The molecular weight excluding hydrogens is 306 g/mol. The van der Waals surface area contributed by atoms with Gasteiger partial charge in [0.25, 0.3) is 5.56 Å². The maximum absolute atomic E-state index is 12.4. The fourth-order valence-corrected chi connectivity index (χ4v) is 2.97. The number of hydrogen-bond acceptors (Lipinski definition) is 6. The predicted molar refractivity (Wildman–Crippen MR) is 81.9 cm³/mol. The molecule has 2 heterocycles. The van der Waals surface area contributed by atoms with E-state index in [1.165, 1.54) is 11.6 Å². The standard InChI is InChI=1S/C13H15N5O3S/c1-17-10-8(12(20)18(2)13(17)21)11(22-5-7(14)19)16-9(15-10)6-3-4-6/h6H,3-5H2,1-2H3,(H2,14,19). The monoisotopic (exact) mass is 321 g/mol. The van der Waals surface area contributed by atoms with Crippen LogP contribution < -0.4 is 17.0 Å². The summed E-state index contributed by atoms with van der Waals surface area (Å²) in [7, 11) is 2.97. The van der Waals surface area contributed by atoms with Crippen LogP contribution in [0.3, 0.4) is 0 Å². The van der Waals surface area contributed by atoms with Gasteiger partial charge in [-0.2, -0.15) is 0 Å². The number of amides is 1. The molecule has 0 unspecified atom stereocenters. The molecule has 116 valence electrons. The first kappa shape index (κ1) is 14.8. The van der Waals surface area contributed by atoms with Gasteiger partial charge in [-0.15, -0.1) is 0 Å². The van der Waals surface area contributed by atoms with Crippen molar-refractivity contribution in [3.05, 3.63) is 26.7 Å². The highest BCUT2D eigenvalue weighted by Gasteiger charge is 2.29. The fraction of sp³-hybridized carbons (Fsp3) is 0.462. The van der Waals surface area contributed by atoms with E-state index in [1.807, 2.05) is 0 Å². The molecule has 1 amide bonds. The van der Waals surface area contributed by atoms with Crippen LogP contribution in [-0.4, -0.2) is 30.8 Å². The summed E-state index contributed by atoms with van der Waals surface area (Å²) < 4.78 is 2.34. The van der Waals surface area contributed by atoms with Gasteiger partial charge >= 0.3 is 5.69 Å². The van der Waals surface area contributed by atoms with Crippen LogP contribution in [0.4, 0.5) is 0 Å². The number of nitrogens with zero attached hydrogens (tertiary/aromatic N) is 4. The number of thioether (sulfide) groups is 1. The van der Waals surface area contributed by atoms with E-state index in [2.05, 4.69) is 9.97 Å². The Labute approximate surface area is 129 Å². The van der Waals surface area contributed by atoms with Crippen LogP contribution in [0.5, 0.6) is 0 Å². The lowest BCUT2D eigenvalue weighted by atomic mass is 10.3. The Balaban J connectivity index is 2.32. The number of rotatable bonds is 4. The smallest absolute Gasteiger partial charge is 0.332 e. The summed E-state index contributed by atoms with van der Waals surface area (Å²) in [5.74, 6) is 0.396. The van der Waals surface area contributed by atoms with E-state index in [0.29, 0.717) is 16.5 Å². The van der Waals surface area contributed by atoms with Gasteiger partial charge in [-0.3, -0.25) is 18.7 Å². The van der Waals surface area contributed by atoms with Crippen molar-refractivity contribution in [2.45, 2.75) is 23.8 Å². The van der Waals surface area contributed by atoms with Gasteiger partial charge in [0.15, 0.2) is 5.65 Å². The Bertz CT molecular complexity index is 897. The Morgan fingerprint density at radius 1 is 1.27 bits per heavy atom. The van der Waals surface area contributed by atoms with E-state index in [4.69, 9.17) is 5.73 Å². The van der Waals surface area contributed by atoms with E-state index < -0.39 is 17.2 Å². The van der Waals surface area contributed by atoms with E-state index in [-0.39, 0.29) is 17.1 Å². The third-order valence-electron chi connectivity index (χ3n) is 3.58.